The molecule has 27 heavy (non-hydrogen) atoms. The highest BCUT2D eigenvalue weighted by atomic mass is 32.2. The van der Waals surface area contributed by atoms with Crippen molar-refractivity contribution in [1.29, 1.82) is 0 Å². The first-order valence-corrected chi connectivity index (χ1v) is 10.5. The fraction of sp³-hybridized carbons (Fsp3) is 0.588. The van der Waals surface area contributed by atoms with E-state index in [1.807, 2.05) is 0 Å². The molecule has 3 unspecified atom stereocenters. The third-order valence-corrected chi connectivity index (χ3v) is 7.20. The highest BCUT2D eigenvalue weighted by Crippen LogP contribution is 2.28. The lowest BCUT2D eigenvalue weighted by Gasteiger charge is -2.32. The molecule has 1 aromatic rings. The average Bonchev–Trinajstić information content (AvgIpc) is 3.14. The fourth-order valence-electron chi connectivity index (χ4n) is 3.64. The minimum atomic E-state index is -3.99. The van der Waals surface area contributed by atoms with Crippen LogP contribution in [-0.2, 0) is 14.8 Å². The zero-order valence-corrected chi connectivity index (χ0v) is 15.9. The van der Waals surface area contributed by atoms with E-state index in [0.717, 1.165) is 19.0 Å². The molecule has 1 aromatic carbocycles. The van der Waals surface area contributed by atoms with E-state index >= 15 is 0 Å². The van der Waals surface area contributed by atoms with Gasteiger partial charge in [-0.15, -0.1) is 0 Å². The summed E-state index contributed by atoms with van der Waals surface area (Å²) in [6, 6.07) is 4.12. The number of carbonyl (C=O) groups excluding carboxylic acids is 1. The maximum absolute atomic E-state index is 13.0. The van der Waals surface area contributed by atoms with Gasteiger partial charge in [0.1, 0.15) is 6.04 Å². The van der Waals surface area contributed by atoms with Gasteiger partial charge in [0.2, 0.25) is 15.9 Å². The van der Waals surface area contributed by atoms with Gasteiger partial charge in [-0.2, -0.15) is 4.31 Å². The van der Waals surface area contributed by atoms with Crippen molar-refractivity contribution in [1.82, 2.24) is 14.9 Å². The number of benzene rings is 1. The molecule has 2 heterocycles. The van der Waals surface area contributed by atoms with Crippen LogP contribution in [0, 0.1) is 16.0 Å². The normalized spacial score (nSPS) is 26.6. The summed E-state index contributed by atoms with van der Waals surface area (Å²) in [5.41, 5.74) is -0.293. The molecule has 0 saturated carbocycles. The monoisotopic (exact) mass is 396 g/mol. The van der Waals surface area contributed by atoms with Crippen LogP contribution < -0.4 is 10.6 Å². The van der Waals surface area contributed by atoms with E-state index in [1.54, 1.807) is 0 Å². The topological polar surface area (TPSA) is 122 Å². The van der Waals surface area contributed by atoms with Crippen molar-refractivity contribution in [2.24, 2.45) is 5.92 Å². The van der Waals surface area contributed by atoms with Crippen LogP contribution in [-0.4, -0.2) is 55.3 Å². The first-order chi connectivity index (χ1) is 12.8. The van der Waals surface area contributed by atoms with Gasteiger partial charge in [-0.25, -0.2) is 8.42 Å². The third kappa shape index (κ3) is 4.12. The Balaban J connectivity index is 1.79. The molecule has 0 aromatic heterocycles. The number of non-ortho nitro benzene ring substituents is 1. The number of nitrogens with one attached hydrogen (secondary N) is 2. The van der Waals surface area contributed by atoms with Crippen LogP contribution in [0.2, 0.25) is 0 Å². The quantitative estimate of drug-likeness (QED) is 0.562. The van der Waals surface area contributed by atoms with Crippen molar-refractivity contribution in [3.05, 3.63) is 34.4 Å². The summed E-state index contributed by atoms with van der Waals surface area (Å²) in [6.45, 7) is 3.86. The van der Waals surface area contributed by atoms with Gasteiger partial charge in [-0.05, 0) is 37.8 Å². The predicted molar refractivity (Wildman–Crippen MR) is 98.6 cm³/mol. The molecule has 2 saturated heterocycles. The highest BCUT2D eigenvalue weighted by Gasteiger charge is 2.40. The van der Waals surface area contributed by atoms with Crippen LogP contribution in [0.3, 0.4) is 0 Å². The molecule has 1 amide bonds. The number of hydrogen-bond donors (Lipinski definition) is 2. The minimum Gasteiger partial charge on any atom is -0.350 e. The molecular weight excluding hydrogens is 372 g/mol. The standard InChI is InChI=1S/C17H24N4O5S/c1-12-7-8-18-11-15(12)19-17(22)16-6-3-9-20(16)27(25,26)14-5-2-4-13(10-14)21(23)24/h2,4-5,10,12,15-16,18H,3,6-9,11H2,1H3,(H,19,22). The van der Waals surface area contributed by atoms with Gasteiger partial charge < -0.3 is 10.6 Å². The molecule has 2 fully saturated rings. The number of piperidine rings is 1. The predicted octanol–water partition coefficient (Wildman–Crippen LogP) is 0.862. The van der Waals surface area contributed by atoms with E-state index in [4.69, 9.17) is 0 Å². The summed E-state index contributed by atoms with van der Waals surface area (Å²) >= 11 is 0. The number of rotatable bonds is 5. The van der Waals surface area contributed by atoms with Crippen LogP contribution in [0.4, 0.5) is 5.69 Å². The second-order valence-corrected chi connectivity index (χ2v) is 9.00. The number of nitro benzene ring substituents is 1. The van der Waals surface area contributed by atoms with E-state index in [9.17, 15) is 23.3 Å². The summed E-state index contributed by atoms with van der Waals surface area (Å²) in [7, 11) is -3.99. The number of amides is 1. The lowest BCUT2D eigenvalue weighted by Crippen LogP contribution is -2.55. The van der Waals surface area contributed by atoms with Crippen molar-refractivity contribution in [3.63, 3.8) is 0 Å². The van der Waals surface area contributed by atoms with Gasteiger partial charge in [-0.1, -0.05) is 13.0 Å². The van der Waals surface area contributed by atoms with Gasteiger partial charge >= 0.3 is 0 Å². The van der Waals surface area contributed by atoms with E-state index in [1.165, 1.54) is 22.5 Å². The van der Waals surface area contributed by atoms with Crippen LogP contribution in [0.25, 0.3) is 0 Å². The van der Waals surface area contributed by atoms with Gasteiger partial charge in [0.15, 0.2) is 0 Å². The summed E-state index contributed by atoms with van der Waals surface area (Å²) < 4.78 is 27.2. The number of nitro groups is 1. The molecule has 10 heteroatoms. The zero-order chi connectivity index (χ0) is 19.6. The van der Waals surface area contributed by atoms with Crippen molar-refractivity contribution < 1.29 is 18.1 Å². The lowest BCUT2D eigenvalue weighted by molar-refractivity contribution is -0.385. The smallest absolute Gasteiger partial charge is 0.270 e. The number of carbonyl (C=O) groups is 1. The van der Waals surface area contributed by atoms with Gasteiger partial charge in [0.05, 0.1) is 9.82 Å². The van der Waals surface area contributed by atoms with Gasteiger partial charge in [0.25, 0.3) is 5.69 Å². The minimum absolute atomic E-state index is 0.0331. The molecule has 0 radical (unpaired) electrons. The Kier molecular flexibility index (Phi) is 5.78. The van der Waals surface area contributed by atoms with Gasteiger partial charge in [0, 0.05) is 31.3 Å². The fourth-order valence-corrected chi connectivity index (χ4v) is 5.34. The summed E-state index contributed by atoms with van der Waals surface area (Å²) in [5, 5.41) is 17.2. The zero-order valence-electron chi connectivity index (χ0n) is 15.1. The Labute approximate surface area is 158 Å². The van der Waals surface area contributed by atoms with Crippen molar-refractivity contribution in [3.8, 4) is 0 Å². The Bertz CT molecular complexity index is 828. The van der Waals surface area contributed by atoms with E-state index in [0.29, 0.717) is 25.3 Å². The van der Waals surface area contributed by atoms with Crippen molar-refractivity contribution >= 4 is 21.6 Å². The molecule has 9 nitrogen and oxygen atoms in total. The molecule has 3 atom stereocenters. The van der Waals surface area contributed by atoms with Crippen LogP contribution in [0.5, 0.6) is 0 Å². The first kappa shape index (κ1) is 19.7. The molecule has 2 aliphatic heterocycles. The lowest BCUT2D eigenvalue weighted by atomic mass is 9.94. The van der Waals surface area contributed by atoms with Crippen LogP contribution in [0.15, 0.2) is 29.2 Å². The molecule has 0 spiro atoms. The average molecular weight is 396 g/mol. The molecule has 2 aliphatic rings. The van der Waals surface area contributed by atoms with Crippen molar-refractivity contribution in [2.75, 3.05) is 19.6 Å². The summed E-state index contributed by atoms with van der Waals surface area (Å²) in [4.78, 5) is 22.9. The van der Waals surface area contributed by atoms with Crippen LogP contribution in [0.1, 0.15) is 26.2 Å². The number of nitrogens with zero attached hydrogens (tertiary/aromatic N) is 2. The van der Waals surface area contributed by atoms with E-state index in [2.05, 4.69) is 17.6 Å². The molecule has 0 bridgehead atoms. The van der Waals surface area contributed by atoms with E-state index < -0.39 is 21.0 Å². The van der Waals surface area contributed by atoms with Gasteiger partial charge in [-0.3, -0.25) is 14.9 Å². The van der Waals surface area contributed by atoms with E-state index in [-0.39, 0.29) is 29.1 Å². The molecule has 3 rings (SSSR count). The third-order valence-electron chi connectivity index (χ3n) is 5.30. The first-order valence-electron chi connectivity index (χ1n) is 9.08. The second kappa shape index (κ2) is 7.91. The summed E-state index contributed by atoms with van der Waals surface area (Å²) in [6.07, 6.45) is 1.96. The Hall–Kier alpha value is -2.04. The van der Waals surface area contributed by atoms with Crippen molar-refractivity contribution in [2.45, 2.75) is 43.2 Å². The Morgan fingerprint density at radius 2 is 2.15 bits per heavy atom. The Morgan fingerprint density at radius 3 is 2.85 bits per heavy atom. The SMILES string of the molecule is CC1CCNCC1NC(=O)C1CCCN1S(=O)(=O)c1cccc([N+](=O)[O-])c1. The highest BCUT2D eigenvalue weighted by molar-refractivity contribution is 7.89. The maximum atomic E-state index is 13.0. The number of hydrogen-bond acceptors (Lipinski definition) is 6. The summed E-state index contributed by atoms with van der Waals surface area (Å²) in [5.74, 6) is 0.0143. The van der Waals surface area contributed by atoms with Crippen LogP contribution >= 0.6 is 0 Å². The second-order valence-electron chi connectivity index (χ2n) is 7.11. The largest absolute Gasteiger partial charge is 0.350 e. The maximum Gasteiger partial charge on any atom is 0.270 e. The Morgan fingerprint density at radius 1 is 1.37 bits per heavy atom. The number of sulfonamides is 1. The molecular formula is C17H24N4O5S. The molecule has 2 N–H and O–H groups in total. The molecule has 0 aliphatic carbocycles. The molecule has 148 valence electrons.